The summed E-state index contributed by atoms with van der Waals surface area (Å²) in [6.45, 7) is 3.42. The van der Waals surface area contributed by atoms with E-state index in [0.29, 0.717) is 6.54 Å². The van der Waals surface area contributed by atoms with E-state index in [9.17, 15) is 14.7 Å². The molecule has 0 aromatic carbocycles. The summed E-state index contributed by atoms with van der Waals surface area (Å²) in [6, 6.07) is -1.32. The third kappa shape index (κ3) is 4.00. The van der Waals surface area contributed by atoms with Gasteiger partial charge in [-0.1, -0.05) is 0 Å². The molecule has 0 aromatic heterocycles. The van der Waals surface area contributed by atoms with Crippen LogP contribution >= 0.6 is 11.8 Å². The molecule has 0 spiro atoms. The number of nitrogens with one attached hydrogen (secondary N) is 1. The van der Waals surface area contributed by atoms with Gasteiger partial charge in [0.2, 0.25) is 0 Å². The van der Waals surface area contributed by atoms with Crippen molar-refractivity contribution in [3.05, 3.63) is 0 Å². The lowest BCUT2D eigenvalue weighted by atomic mass is 10.2. The Bertz CT molecular complexity index is 363. The first-order valence-electron chi connectivity index (χ1n) is 6.83. The summed E-state index contributed by atoms with van der Waals surface area (Å²) in [5.41, 5.74) is 0. The molecule has 2 rings (SSSR count). The summed E-state index contributed by atoms with van der Waals surface area (Å²) in [6.07, 6.45) is -0.646. The number of amides is 2. The van der Waals surface area contributed by atoms with E-state index in [1.54, 1.807) is 0 Å². The van der Waals surface area contributed by atoms with E-state index in [4.69, 9.17) is 5.11 Å². The number of carboxylic acids is 1. The third-order valence-electron chi connectivity index (χ3n) is 3.63. The predicted molar refractivity (Wildman–Crippen MR) is 75.9 cm³/mol. The number of rotatable bonds is 4. The van der Waals surface area contributed by atoms with Crippen LogP contribution in [0.2, 0.25) is 0 Å². The van der Waals surface area contributed by atoms with Gasteiger partial charge in [-0.2, -0.15) is 11.8 Å². The zero-order valence-corrected chi connectivity index (χ0v) is 12.1. The molecule has 2 fully saturated rings. The monoisotopic (exact) mass is 303 g/mol. The van der Waals surface area contributed by atoms with E-state index < -0.39 is 24.1 Å². The van der Waals surface area contributed by atoms with Gasteiger partial charge in [0.1, 0.15) is 6.04 Å². The second kappa shape index (κ2) is 7.14. The van der Waals surface area contributed by atoms with Gasteiger partial charge in [-0.3, -0.25) is 4.90 Å². The Morgan fingerprint density at radius 2 is 2.00 bits per heavy atom. The number of nitrogens with zero attached hydrogens (tertiary/aromatic N) is 2. The van der Waals surface area contributed by atoms with Gasteiger partial charge in [0.25, 0.3) is 0 Å². The normalized spacial score (nSPS) is 27.6. The SMILES string of the molecule is O=C(O)[C@@H]1CC(O)CN1C(=O)NCCN1CCSCC1. The van der Waals surface area contributed by atoms with Crippen LogP contribution in [-0.4, -0.2) is 88.4 Å². The molecule has 114 valence electrons. The van der Waals surface area contributed by atoms with Gasteiger partial charge >= 0.3 is 12.0 Å². The van der Waals surface area contributed by atoms with Gasteiger partial charge in [-0.05, 0) is 0 Å². The van der Waals surface area contributed by atoms with Crippen LogP contribution in [0, 0.1) is 0 Å². The Hall–Kier alpha value is -0.990. The van der Waals surface area contributed by atoms with E-state index in [0.717, 1.165) is 31.1 Å². The molecule has 2 atom stereocenters. The Labute approximate surface area is 122 Å². The second-order valence-corrected chi connectivity index (χ2v) is 6.31. The highest BCUT2D eigenvalue weighted by molar-refractivity contribution is 7.99. The van der Waals surface area contributed by atoms with Crippen LogP contribution in [0.4, 0.5) is 4.79 Å². The molecule has 2 aliphatic heterocycles. The molecule has 0 saturated carbocycles. The van der Waals surface area contributed by atoms with Crippen molar-refractivity contribution in [2.75, 3.05) is 44.2 Å². The Morgan fingerprint density at radius 1 is 1.30 bits per heavy atom. The first-order chi connectivity index (χ1) is 9.58. The van der Waals surface area contributed by atoms with Crippen molar-refractivity contribution in [3.63, 3.8) is 0 Å². The number of aliphatic carboxylic acids is 1. The predicted octanol–water partition coefficient (Wildman–Crippen LogP) is -0.735. The number of thioether (sulfide) groups is 1. The van der Waals surface area contributed by atoms with E-state index in [1.165, 1.54) is 4.90 Å². The summed E-state index contributed by atoms with van der Waals surface area (Å²) in [4.78, 5) is 26.5. The fourth-order valence-electron chi connectivity index (χ4n) is 2.52. The van der Waals surface area contributed by atoms with Gasteiger partial charge in [0.15, 0.2) is 0 Å². The van der Waals surface area contributed by atoms with Gasteiger partial charge in [0, 0.05) is 50.7 Å². The maximum atomic E-state index is 12.0. The summed E-state index contributed by atoms with van der Waals surface area (Å²) in [7, 11) is 0. The van der Waals surface area contributed by atoms with Crippen molar-refractivity contribution < 1.29 is 19.8 Å². The van der Waals surface area contributed by atoms with Gasteiger partial charge < -0.3 is 20.4 Å². The van der Waals surface area contributed by atoms with Gasteiger partial charge in [-0.25, -0.2) is 9.59 Å². The fourth-order valence-corrected chi connectivity index (χ4v) is 3.50. The largest absolute Gasteiger partial charge is 0.480 e. The Kier molecular flexibility index (Phi) is 5.50. The van der Waals surface area contributed by atoms with Crippen LogP contribution in [0.1, 0.15) is 6.42 Å². The standard InChI is InChI=1S/C12H21N3O4S/c16-9-7-10(11(17)18)15(8-9)12(19)13-1-2-14-3-5-20-6-4-14/h9-10,16H,1-8H2,(H,13,19)(H,17,18)/t9?,10-/m0/s1. The number of carbonyl (C=O) groups is 2. The van der Waals surface area contributed by atoms with Crippen LogP contribution in [0.15, 0.2) is 0 Å². The molecule has 3 N–H and O–H groups in total. The van der Waals surface area contributed by atoms with E-state index in [2.05, 4.69) is 10.2 Å². The zero-order valence-electron chi connectivity index (χ0n) is 11.3. The van der Waals surface area contributed by atoms with Crippen molar-refractivity contribution in [2.45, 2.75) is 18.6 Å². The van der Waals surface area contributed by atoms with E-state index in [-0.39, 0.29) is 13.0 Å². The molecule has 0 bridgehead atoms. The lowest BCUT2D eigenvalue weighted by Gasteiger charge is -2.27. The lowest BCUT2D eigenvalue weighted by Crippen LogP contribution is -2.48. The Morgan fingerprint density at radius 3 is 2.65 bits per heavy atom. The minimum absolute atomic E-state index is 0.0865. The number of carboxylic acid groups (broad SMARTS) is 1. The average molecular weight is 303 g/mol. The molecule has 2 heterocycles. The van der Waals surface area contributed by atoms with E-state index in [1.807, 2.05) is 11.8 Å². The Balaban J connectivity index is 1.74. The average Bonchev–Trinajstić information content (AvgIpc) is 2.82. The summed E-state index contributed by atoms with van der Waals surface area (Å²) in [5, 5.41) is 21.3. The smallest absolute Gasteiger partial charge is 0.326 e. The van der Waals surface area contributed by atoms with Crippen LogP contribution in [0.5, 0.6) is 0 Å². The maximum absolute atomic E-state index is 12.0. The van der Waals surface area contributed by atoms with Crippen LogP contribution in [0.25, 0.3) is 0 Å². The first-order valence-corrected chi connectivity index (χ1v) is 7.99. The highest BCUT2D eigenvalue weighted by Gasteiger charge is 2.38. The van der Waals surface area contributed by atoms with Crippen molar-refractivity contribution in [1.29, 1.82) is 0 Å². The van der Waals surface area contributed by atoms with Crippen molar-refractivity contribution in [3.8, 4) is 0 Å². The molecule has 8 heteroatoms. The molecule has 20 heavy (non-hydrogen) atoms. The zero-order chi connectivity index (χ0) is 14.5. The number of β-amino-alcohol motifs (C(OH)–C–C–N with tert-alkyl or cyclic N) is 1. The number of urea groups is 1. The number of likely N-dealkylation sites (tertiary alicyclic amines) is 1. The third-order valence-corrected chi connectivity index (χ3v) is 4.58. The minimum atomic E-state index is -1.07. The number of aliphatic hydroxyl groups is 1. The van der Waals surface area contributed by atoms with E-state index >= 15 is 0 Å². The molecule has 0 aromatic rings. The van der Waals surface area contributed by atoms with Crippen LogP contribution in [-0.2, 0) is 4.79 Å². The van der Waals surface area contributed by atoms with Crippen molar-refractivity contribution in [2.24, 2.45) is 0 Å². The van der Waals surface area contributed by atoms with Gasteiger partial charge in [-0.15, -0.1) is 0 Å². The number of aliphatic hydroxyl groups excluding tert-OH is 1. The molecular formula is C12H21N3O4S. The summed E-state index contributed by atoms with van der Waals surface area (Å²) >= 11 is 1.93. The quantitative estimate of drug-likeness (QED) is 0.634. The molecule has 2 aliphatic rings. The maximum Gasteiger partial charge on any atom is 0.326 e. The topological polar surface area (TPSA) is 93.1 Å². The van der Waals surface area contributed by atoms with Crippen LogP contribution < -0.4 is 5.32 Å². The summed E-state index contributed by atoms with van der Waals surface area (Å²) in [5.74, 6) is 1.17. The second-order valence-electron chi connectivity index (χ2n) is 5.08. The first kappa shape index (κ1) is 15.4. The van der Waals surface area contributed by atoms with Crippen LogP contribution in [0.3, 0.4) is 0 Å². The number of hydrogen-bond donors (Lipinski definition) is 3. The summed E-state index contributed by atoms with van der Waals surface area (Å²) < 4.78 is 0. The highest BCUT2D eigenvalue weighted by Crippen LogP contribution is 2.18. The lowest BCUT2D eigenvalue weighted by molar-refractivity contribution is -0.141. The molecule has 7 nitrogen and oxygen atoms in total. The molecule has 0 radical (unpaired) electrons. The number of carbonyl (C=O) groups excluding carboxylic acids is 1. The molecule has 1 unspecified atom stereocenters. The molecule has 2 saturated heterocycles. The van der Waals surface area contributed by atoms with Crippen molar-refractivity contribution in [1.82, 2.24) is 15.1 Å². The van der Waals surface area contributed by atoms with Gasteiger partial charge in [0.05, 0.1) is 6.10 Å². The highest BCUT2D eigenvalue weighted by atomic mass is 32.2. The van der Waals surface area contributed by atoms with Crippen molar-refractivity contribution >= 4 is 23.8 Å². The molecule has 2 amide bonds. The minimum Gasteiger partial charge on any atom is -0.480 e. The number of hydrogen-bond acceptors (Lipinski definition) is 5. The molecular weight excluding hydrogens is 282 g/mol. The fraction of sp³-hybridized carbons (Fsp3) is 0.833. The molecule has 0 aliphatic carbocycles.